The van der Waals surface area contributed by atoms with Crippen LogP contribution < -0.4 is 0 Å². The Kier molecular flexibility index (Phi) is 2.74. The molecule has 0 spiro atoms. The molecule has 1 aromatic carbocycles. The topological polar surface area (TPSA) is 28.7 Å². The van der Waals surface area contributed by atoms with Crippen LogP contribution in [0.25, 0.3) is 11.3 Å². The number of hydrogen-bond donors (Lipinski definition) is 1. The molecule has 1 unspecified atom stereocenters. The summed E-state index contributed by atoms with van der Waals surface area (Å²) < 4.78 is 12.8. The van der Waals surface area contributed by atoms with Crippen molar-refractivity contribution >= 4 is 0 Å². The normalized spacial score (nSPS) is 12.1. The monoisotopic (exact) mass is 214 g/mol. The van der Waals surface area contributed by atoms with E-state index in [0.717, 1.165) is 16.8 Å². The average molecular weight is 214 g/mol. The first-order valence-corrected chi connectivity index (χ1v) is 4.97. The van der Waals surface area contributed by atoms with Gasteiger partial charge >= 0.3 is 0 Å². The number of nitrogens with zero attached hydrogens (tertiary/aromatic N) is 1. The van der Waals surface area contributed by atoms with Crippen molar-refractivity contribution in [3.8, 4) is 23.6 Å². The molecule has 1 aromatic heterocycles. The Labute approximate surface area is 93.5 Å². The Morgan fingerprint density at radius 2 is 2.06 bits per heavy atom. The number of H-pyrrole nitrogens is 1. The smallest absolute Gasteiger partial charge is 0.123 e. The fraction of sp³-hybridized carbons (Fsp3) is 0.154. The first-order chi connectivity index (χ1) is 7.72. The van der Waals surface area contributed by atoms with Crippen LogP contribution in [0, 0.1) is 18.2 Å². The van der Waals surface area contributed by atoms with Crippen molar-refractivity contribution in [3.05, 3.63) is 41.8 Å². The predicted octanol–water partition coefficient (Wildman–Crippen LogP) is 2.95. The molecule has 3 heteroatoms. The minimum Gasteiger partial charge on any atom is -0.278 e. The van der Waals surface area contributed by atoms with Crippen LogP contribution >= 0.6 is 0 Å². The molecule has 80 valence electrons. The summed E-state index contributed by atoms with van der Waals surface area (Å²) in [6.45, 7) is 1.93. The summed E-state index contributed by atoms with van der Waals surface area (Å²) in [5.74, 6) is 2.38. The van der Waals surface area contributed by atoms with E-state index in [0.29, 0.717) is 0 Å². The van der Waals surface area contributed by atoms with Gasteiger partial charge in [-0.3, -0.25) is 5.10 Å². The van der Waals surface area contributed by atoms with Crippen molar-refractivity contribution in [1.82, 2.24) is 10.2 Å². The van der Waals surface area contributed by atoms with Crippen LogP contribution in [0.15, 0.2) is 30.5 Å². The molecule has 0 amide bonds. The van der Waals surface area contributed by atoms with Gasteiger partial charge in [0.1, 0.15) is 5.82 Å². The number of hydrogen-bond acceptors (Lipinski definition) is 1. The highest BCUT2D eigenvalue weighted by atomic mass is 19.1. The van der Waals surface area contributed by atoms with Crippen molar-refractivity contribution in [2.24, 2.45) is 0 Å². The van der Waals surface area contributed by atoms with E-state index in [-0.39, 0.29) is 11.7 Å². The summed E-state index contributed by atoms with van der Waals surface area (Å²) in [5.41, 5.74) is 2.69. The Hall–Kier alpha value is -2.08. The first kappa shape index (κ1) is 10.4. The van der Waals surface area contributed by atoms with Crippen LogP contribution in [0.3, 0.4) is 0 Å². The lowest BCUT2D eigenvalue weighted by Gasteiger charge is -2.05. The molecule has 0 bridgehead atoms. The highest BCUT2D eigenvalue weighted by molar-refractivity contribution is 5.63. The van der Waals surface area contributed by atoms with Gasteiger partial charge in [-0.25, -0.2) is 4.39 Å². The van der Waals surface area contributed by atoms with Crippen LogP contribution in [-0.4, -0.2) is 10.2 Å². The van der Waals surface area contributed by atoms with E-state index >= 15 is 0 Å². The van der Waals surface area contributed by atoms with Gasteiger partial charge in [0.15, 0.2) is 0 Å². The van der Waals surface area contributed by atoms with Crippen molar-refractivity contribution in [2.45, 2.75) is 12.8 Å². The van der Waals surface area contributed by atoms with Gasteiger partial charge in [0.2, 0.25) is 0 Å². The molecule has 0 aliphatic carbocycles. The van der Waals surface area contributed by atoms with Crippen LogP contribution in [-0.2, 0) is 0 Å². The summed E-state index contributed by atoms with van der Waals surface area (Å²) in [5, 5.41) is 6.86. The highest BCUT2D eigenvalue weighted by Gasteiger charge is 2.12. The highest BCUT2D eigenvalue weighted by Crippen LogP contribution is 2.26. The van der Waals surface area contributed by atoms with Crippen LogP contribution in [0.4, 0.5) is 4.39 Å². The number of terminal acetylenes is 1. The van der Waals surface area contributed by atoms with Crippen molar-refractivity contribution < 1.29 is 4.39 Å². The lowest BCUT2D eigenvalue weighted by molar-refractivity contribution is 0.628. The Bertz CT molecular complexity index is 520. The second-order valence-electron chi connectivity index (χ2n) is 3.60. The molecule has 0 saturated heterocycles. The molecule has 1 heterocycles. The molecule has 2 rings (SSSR count). The molecule has 16 heavy (non-hydrogen) atoms. The average Bonchev–Trinajstić information content (AvgIpc) is 2.78. The van der Waals surface area contributed by atoms with Crippen molar-refractivity contribution in [2.75, 3.05) is 0 Å². The second kappa shape index (κ2) is 4.19. The van der Waals surface area contributed by atoms with Gasteiger partial charge in [-0.1, -0.05) is 5.92 Å². The fourth-order valence-corrected chi connectivity index (χ4v) is 1.56. The minimum absolute atomic E-state index is 0.0150. The Morgan fingerprint density at radius 1 is 1.38 bits per heavy atom. The molecular weight excluding hydrogens is 203 g/mol. The Balaban J connectivity index is 2.45. The molecule has 0 aliphatic heterocycles. The van der Waals surface area contributed by atoms with Gasteiger partial charge in [-0.05, 0) is 31.2 Å². The van der Waals surface area contributed by atoms with Crippen molar-refractivity contribution in [1.29, 1.82) is 0 Å². The molecule has 1 N–H and O–H groups in total. The number of nitrogens with one attached hydrogen (secondary N) is 1. The van der Waals surface area contributed by atoms with E-state index in [1.54, 1.807) is 18.3 Å². The van der Waals surface area contributed by atoms with Gasteiger partial charge in [0.05, 0.1) is 11.9 Å². The summed E-state index contributed by atoms with van der Waals surface area (Å²) >= 11 is 0. The van der Waals surface area contributed by atoms with E-state index in [1.807, 2.05) is 6.92 Å². The van der Waals surface area contributed by atoms with Gasteiger partial charge in [0.25, 0.3) is 0 Å². The molecule has 0 aliphatic rings. The summed E-state index contributed by atoms with van der Waals surface area (Å²) in [4.78, 5) is 0. The largest absolute Gasteiger partial charge is 0.278 e. The second-order valence-corrected chi connectivity index (χ2v) is 3.60. The van der Waals surface area contributed by atoms with E-state index in [2.05, 4.69) is 16.1 Å². The lowest BCUT2D eigenvalue weighted by atomic mass is 9.99. The van der Waals surface area contributed by atoms with Crippen LogP contribution in [0.2, 0.25) is 0 Å². The quantitative estimate of drug-likeness (QED) is 0.765. The van der Waals surface area contributed by atoms with E-state index in [1.165, 1.54) is 12.1 Å². The summed E-state index contributed by atoms with van der Waals surface area (Å²) in [6, 6.07) is 6.24. The van der Waals surface area contributed by atoms with Gasteiger partial charge < -0.3 is 0 Å². The SMILES string of the molecule is C#CC(C)c1cn[nH]c1-c1ccc(F)cc1. The van der Waals surface area contributed by atoms with Gasteiger partial charge in [-0.2, -0.15) is 5.10 Å². The van der Waals surface area contributed by atoms with Crippen molar-refractivity contribution in [3.63, 3.8) is 0 Å². The third kappa shape index (κ3) is 1.82. The molecule has 0 saturated carbocycles. The molecule has 0 fully saturated rings. The standard InChI is InChI=1S/C13H11FN2/c1-3-9(2)12-8-15-16-13(12)10-4-6-11(14)7-5-10/h1,4-9H,2H3,(H,15,16). The molecular formula is C13H11FN2. The lowest BCUT2D eigenvalue weighted by Crippen LogP contribution is -1.91. The zero-order chi connectivity index (χ0) is 11.5. The zero-order valence-corrected chi connectivity index (χ0v) is 8.87. The van der Waals surface area contributed by atoms with E-state index in [9.17, 15) is 4.39 Å². The zero-order valence-electron chi connectivity index (χ0n) is 8.87. The molecule has 0 radical (unpaired) electrons. The minimum atomic E-state index is -0.255. The molecule has 1 atom stereocenters. The Morgan fingerprint density at radius 3 is 2.69 bits per heavy atom. The number of benzene rings is 1. The predicted molar refractivity (Wildman–Crippen MR) is 61.2 cm³/mol. The molecule has 2 aromatic rings. The van der Waals surface area contributed by atoms with Gasteiger partial charge in [0, 0.05) is 17.0 Å². The van der Waals surface area contributed by atoms with Crippen LogP contribution in [0.5, 0.6) is 0 Å². The first-order valence-electron chi connectivity index (χ1n) is 4.97. The fourth-order valence-electron chi connectivity index (χ4n) is 1.56. The maximum atomic E-state index is 12.8. The number of rotatable bonds is 2. The van der Waals surface area contributed by atoms with E-state index < -0.39 is 0 Å². The van der Waals surface area contributed by atoms with E-state index in [4.69, 9.17) is 6.42 Å². The van der Waals surface area contributed by atoms with Crippen LogP contribution in [0.1, 0.15) is 18.4 Å². The number of aromatic nitrogens is 2. The number of aromatic amines is 1. The third-order valence-electron chi connectivity index (χ3n) is 2.52. The maximum absolute atomic E-state index is 12.8. The number of halogens is 1. The molecule has 2 nitrogen and oxygen atoms in total. The third-order valence-corrected chi connectivity index (χ3v) is 2.52. The maximum Gasteiger partial charge on any atom is 0.123 e. The summed E-state index contributed by atoms with van der Waals surface area (Å²) in [7, 11) is 0. The van der Waals surface area contributed by atoms with Gasteiger partial charge in [-0.15, -0.1) is 6.42 Å². The summed E-state index contributed by atoms with van der Waals surface area (Å²) in [6.07, 6.45) is 7.09.